The Bertz CT molecular complexity index is 493. The molecular weight excluding hydrogens is 290 g/mol. The molecule has 1 N–H and O–H groups in total. The van der Waals surface area contributed by atoms with Crippen LogP contribution >= 0.6 is 11.8 Å². The molecule has 5 heteroatoms. The van der Waals surface area contributed by atoms with E-state index in [2.05, 4.69) is 24.2 Å². The third kappa shape index (κ3) is 4.43. The third-order valence-corrected chi connectivity index (χ3v) is 5.49. The second-order valence-electron chi connectivity index (χ2n) is 5.57. The van der Waals surface area contributed by atoms with Crippen molar-refractivity contribution in [3.63, 3.8) is 0 Å². The Morgan fingerprint density at radius 3 is 2.38 bits per heavy atom. The van der Waals surface area contributed by atoms with Crippen molar-refractivity contribution in [3.05, 3.63) is 35.4 Å². The van der Waals surface area contributed by atoms with E-state index in [9.17, 15) is 8.78 Å². The highest BCUT2D eigenvalue weighted by atomic mass is 32.2. The zero-order valence-electron chi connectivity index (χ0n) is 12.6. The molecule has 1 heterocycles. The van der Waals surface area contributed by atoms with Crippen molar-refractivity contribution in [2.45, 2.75) is 33.1 Å². The summed E-state index contributed by atoms with van der Waals surface area (Å²) in [5.41, 5.74) is 1.000. The molecule has 0 aromatic heterocycles. The fourth-order valence-electron chi connectivity index (χ4n) is 2.41. The Hall–Kier alpha value is -1.10. The van der Waals surface area contributed by atoms with Gasteiger partial charge < -0.3 is 5.32 Å². The monoisotopic (exact) mass is 312 g/mol. The van der Waals surface area contributed by atoms with E-state index in [-0.39, 0.29) is 0 Å². The van der Waals surface area contributed by atoms with Crippen LogP contribution in [-0.4, -0.2) is 24.0 Å². The van der Waals surface area contributed by atoms with Gasteiger partial charge in [-0.2, -0.15) is 0 Å². The van der Waals surface area contributed by atoms with Crippen LogP contribution in [0.2, 0.25) is 0 Å². The zero-order valence-corrected chi connectivity index (χ0v) is 13.4. The van der Waals surface area contributed by atoms with Gasteiger partial charge in [-0.15, -0.1) is 0 Å². The molecule has 2 rings (SSSR count). The molecule has 0 saturated heterocycles. The van der Waals surface area contributed by atoms with E-state index in [0.717, 1.165) is 36.4 Å². The minimum Gasteiger partial charge on any atom is -0.365 e. The van der Waals surface area contributed by atoms with Gasteiger partial charge in [-0.3, -0.25) is 4.99 Å². The Morgan fingerprint density at radius 2 is 1.86 bits per heavy atom. The summed E-state index contributed by atoms with van der Waals surface area (Å²) in [4.78, 5) is 4.61. The smallest absolute Gasteiger partial charge is 0.156 e. The van der Waals surface area contributed by atoms with E-state index in [1.807, 2.05) is 0 Å². The van der Waals surface area contributed by atoms with Crippen LogP contribution in [0.1, 0.15) is 32.3 Å². The van der Waals surface area contributed by atoms with Crippen molar-refractivity contribution in [2.24, 2.45) is 10.4 Å². The molecule has 1 aromatic carbocycles. The van der Waals surface area contributed by atoms with Crippen LogP contribution < -0.4 is 5.32 Å². The van der Waals surface area contributed by atoms with E-state index < -0.39 is 11.6 Å². The molecular formula is C16H22F2N2S. The number of halogens is 2. The van der Waals surface area contributed by atoms with E-state index in [4.69, 9.17) is 0 Å². The van der Waals surface area contributed by atoms with Crippen molar-refractivity contribution < 1.29 is 8.78 Å². The molecule has 1 aliphatic rings. The van der Waals surface area contributed by atoms with E-state index in [1.165, 1.54) is 12.1 Å². The maximum Gasteiger partial charge on any atom is 0.156 e. The Labute approximate surface area is 129 Å². The maximum absolute atomic E-state index is 13.1. The van der Waals surface area contributed by atoms with Gasteiger partial charge in [0, 0.05) is 24.9 Å². The highest BCUT2D eigenvalue weighted by Gasteiger charge is 2.29. The quantitative estimate of drug-likeness (QED) is 0.888. The number of benzene rings is 1. The lowest BCUT2D eigenvalue weighted by Gasteiger charge is -2.33. The minimum absolute atomic E-state index is 0.335. The van der Waals surface area contributed by atoms with Crippen molar-refractivity contribution in [1.29, 1.82) is 0 Å². The maximum atomic E-state index is 13.1. The summed E-state index contributed by atoms with van der Waals surface area (Å²) in [6.45, 7) is 5.94. The molecule has 116 valence electrons. The lowest BCUT2D eigenvalue weighted by molar-refractivity contribution is 0.318. The third-order valence-electron chi connectivity index (χ3n) is 4.19. The first-order valence-corrected chi connectivity index (χ1v) is 8.41. The molecule has 2 nitrogen and oxygen atoms in total. The van der Waals surface area contributed by atoms with Crippen LogP contribution in [-0.2, 0) is 6.42 Å². The normalized spacial score (nSPS) is 17.4. The van der Waals surface area contributed by atoms with Crippen LogP contribution in [0, 0.1) is 17.0 Å². The van der Waals surface area contributed by atoms with Crippen LogP contribution in [0.3, 0.4) is 0 Å². The number of rotatable bonds is 5. The van der Waals surface area contributed by atoms with Gasteiger partial charge in [-0.05, 0) is 42.4 Å². The highest BCUT2D eigenvalue weighted by molar-refractivity contribution is 8.13. The number of thioether (sulfide) groups is 1. The largest absolute Gasteiger partial charge is 0.365 e. The fraction of sp³-hybridized carbons (Fsp3) is 0.562. The summed E-state index contributed by atoms with van der Waals surface area (Å²) in [7, 11) is 0. The molecule has 1 aliphatic heterocycles. The molecule has 0 spiro atoms. The van der Waals surface area contributed by atoms with E-state index in [0.29, 0.717) is 23.9 Å². The molecule has 0 atom stereocenters. The lowest BCUT2D eigenvalue weighted by Crippen LogP contribution is -2.35. The van der Waals surface area contributed by atoms with Crippen molar-refractivity contribution in [3.8, 4) is 0 Å². The first kappa shape index (κ1) is 16.3. The summed E-state index contributed by atoms with van der Waals surface area (Å²) in [6.07, 6.45) is 2.88. The Kier molecular flexibility index (Phi) is 5.62. The van der Waals surface area contributed by atoms with Crippen molar-refractivity contribution in [2.75, 3.05) is 18.8 Å². The number of hydrogen-bond donors (Lipinski definition) is 1. The standard InChI is InChI=1S/C16H22F2N2S/c1-3-16(4-2)10-20-15(21-11-16)19-6-5-12-7-13(17)9-14(18)8-12/h7-9H,3-6,10-11H2,1-2H3,(H,19,20). The van der Waals surface area contributed by atoms with Crippen molar-refractivity contribution >= 4 is 16.9 Å². The predicted molar refractivity (Wildman–Crippen MR) is 85.8 cm³/mol. The average molecular weight is 312 g/mol. The van der Waals surface area contributed by atoms with E-state index >= 15 is 0 Å². The zero-order chi connectivity index (χ0) is 15.3. The molecule has 0 aliphatic carbocycles. The van der Waals surface area contributed by atoms with Gasteiger partial charge in [0.15, 0.2) is 5.17 Å². The van der Waals surface area contributed by atoms with Crippen LogP contribution in [0.5, 0.6) is 0 Å². The SMILES string of the molecule is CCC1(CC)CN=C(NCCc2cc(F)cc(F)c2)SC1. The first-order valence-electron chi connectivity index (χ1n) is 7.43. The van der Waals surface area contributed by atoms with Gasteiger partial charge in [0.2, 0.25) is 0 Å². The summed E-state index contributed by atoms with van der Waals surface area (Å²) in [5.74, 6) is 0.0376. The molecule has 0 fully saturated rings. The molecule has 1 aromatic rings. The summed E-state index contributed by atoms with van der Waals surface area (Å²) in [6, 6.07) is 3.65. The lowest BCUT2D eigenvalue weighted by atomic mass is 9.84. The van der Waals surface area contributed by atoms with Crippen LogP contribution in [0.4, 0.5) is 8.78 Å². The summed E-state index contributed by atoms with van der Waals surface area (Å²) < 4.78 is 26.2. The van der Waals surface area contributed by atoms with Gasteiger partial charge >= 0.3 is 0 Å². The minimum atomic E-state index is -0.523. The molecule has 21 heavy (non-hydrogen) atoms. The Morgan fingerprint density at radius 1 is 1.19 bits per heavy atom. The van der Waals surface area contributed by atoms with Crippen LogP contribution in [0.25, 0.3) is 0 Å². The second kappa shape index (κ2) is 7.25. The Balaban J connectivity index is 1.83. The molecule has 0 bridgehead atoms. The number of nitrogens with zero attached hydrogens (tertiary/aromatic N) is 1. The molecule has 0 radical (unpaired) electrons. The summed E-state index contributed by atoms with van der Waals surface area (Å²) >= 11 is 1.75. The molecule has 0 amide bonds. The van der Waals surface area contributed by atoms with Gasteiger partial charge in [0.05, 0.1) is 0 Å². The topological polar surface area (TPSA) is 24.4 Å². The number of nitrogens with one attached hydrogen (secondary N) is 1. The average Bonchev–Trinajstić information content (AvgIpc) is 2.47. The second-order valence-corrected chi connectivity index (χ2v) is 6.54. The van der Waals surface area contributed by atoms with Gasteiger partial charge in [0.25, 0.3) is 0 Å². The summed E-state index contributed by atoms with van der Waals surface area (Å²) in [5, 5.41) is 4.21. The van der Waals surface area contributed by atoms with Gasteiger partial charge in [-0.1, -0.05) is 25.6 Å². The fourth-order valence-corrected chi connectivity index (χ4v) is 3.71. The molecule has 0 saturated carbocycles. The molecule has 0 unspecified atom stereocenters. The number of hydrogen-bond acceptors (Lipinski definition) is 3. The predicted octanol–water partition coefficient (Wildman–Crippen LogP) is 4.01. The van der Waals surface area contributed by atoms with E-state index in [1.54, 1.807) is 11.8 Å². The van der Waals surface area contributed by atoms with Crippen LogP contribution in [0.15, 0.2) is 23.2 Å². The number of amidine groups is 1. The highest BCUT2D eigenvalue weighted by Crippen LogP contribution is 2.34. The first-order chi connectivity index (χ1) is 10.1. The van der Waals surface area contributed by atoms with Gasteiger partial charge in [0.1, 0.15) is 11.6 Å². The van der Waals surface area contributed by atoms with Crippen molar-refractivity contribution in [1.82, 2.24) is 5.32 Å². The number of aliphatic imine (C=N–C) groups is 1. The van der Waals surface area contributed by atoms with Gasteiger partial charge in [-0.25, -0.2) is 8.78 Å².